The molecule has 0 amide bonds. The summed E-state index contributed by atoms with van der Waals surface area (Å²) in [6.07, 6.45) is -0.342. The first kappa shape index (κ1) is 34.3. The summed E-state index contributed by atoms with van der Waals surface area (Å²) in [5.41, 5.74) is 5.89. The molecule has 6 rings (SSSR count). The van der Waals surface area contributed by atoms with Crippen molar-refractivity contribution in [3.8, 4) is 17.3 Å². The van der Waals surface area contributed by atoms with E-state index in [1.54, 1.807) is 0 Å². The molecule has 0 bridgehead atoms. The molecule has 11 heteroatoms. The molecular formula is C36H48ClN3O5Si2. The van der Waals surface area contributed by atoms with Crippen molar-refractivity contribution >= 4 is 38.9 Å². The predicted molar refractivity (Wildman–Crippen MR) is 193 cm³/mol. The lowest BCUT2D eigenvalue weighted by atomic mass is 10.0. The molecule has 4 heterocycles. The van der Waals surface area contributed by atoms with Gasteiger partial charge in [-0.05, 0) is 23.2 Å². The van der Waals surface area contributed by atoms with Gasteiger partial charge in [0.15, 0.2) is 11.9 Å². The molecule has 4 aromatic rings. The number of aromatic nitrogens is 3. The van der Waals surface area contributed by atoms with Gasteiger partial charge in [-0.3, -0.25) is 4.57 Å². The number of halogens is 1. The molecule has 2 aliphatic rings. The average Bonchev–Trinajstić information content (AvgIpc) is 3.36. The van der Waals surface area contributed by atoms with Crippen LogP contribution in [-0.4, -0.2) is 68.8 Å². The number of hydrogen-bond donors (Lipinski definition) is 0. The van der Waals surface area contributed by atoms with Crippen LogP contribution < -0.4 is 4.74 Å². The lowest BCUT2D eigenvalue weighted by Gasteiger charge is -2.41. The van der Waals surface area contributed by atoms with Crippen LogP contribution in [0.3, 0.4) is 0 Å². The normalized spacial score (nSPS) is 22.6. The fourth-order valence-electron chi connectivity index (χ4n) is 5.90. The molecule has 2 aliphatic heterocycles. The highest BCUT2D eigenvalue weighted by molar-refractivity contribution is 6.77. The topological polar surface area (TPSA) is 76.9 Å². The van der Waals surface area contributed by atoms with Crippen LogP contribution in [0.2, 0.25) is 50.3 Å². The van der Waals surface area contributed by atoms with Crippen LogP contribution in [0.1, 0.15) is 36.3 Å². The number of benzene rings is 2. The van der Waals surface area contributed by atoms with Gasteiger partial charge < -0.3 is 23.7 Å². The minimum Gasteiger partial charge on any atom is -0.459 e. The van der Waals surface area contributed by atoms with E-state index in [2.05, 4.69) is 70.5 Å². The second kappa shape index (κ2) is 14.1. The van der Waals surface area contributed by atoms with Crippen LogP contribution in [0.4, 0.5) is 0 Å². The fraction of sp³-hybridized carbons (Fsp3) is 0.500. The molecule has 47 heavy (non-hydrogen) atoms. The Morgan fingerprint density at radius 1 is 0.936 bits per heavy atom. The number of pyridine rings is 1. The quantitative estimate of drug-likeness (QED) is 0.115. The monoisotopic (exact) mass is 693 g/mol. The first-order valence-corrected chi connectivity index (χ1v) is 24.4. The van der Waals surface area contributed by atoms with Crippen molar-refractivity contribution in [1.29, 1.82) is 0 Å². The summed E-state index contributed by atoms with van der Waals surface area (Å²) in [7, 11) is -2.58. The van der Waals surface area contributed by atoms with Crippen molar-refractivity contribution in [3.05, 3.63) is 76.8 Å². The molecule has 0 spiro atoms. The van der Waals surface area contributed by atoms with Gasteiger partial charge in [0.05, 0.1) is 43.6 Å². The molecule has 2 aromatic carbocycles. The molecule has 0 saturated carbocycles. The van der Waals surface area contributed by atoms with E-state index in [4.69, 9.17) is 45.3 Å². The zero-order valence-electron chi connectivity index (χ0n) is 28.7. The van der Waals surface area contributed by atoms with Gasteiger partial charge in [-0.25, -0.2) is 4.98 Å². The number of hydrogen-bond acceptors (Lipinski definition) is 7. The van der Waals surface area contributed by atoms with E-state index in [1.807, 2.05) is 41.0 Å². The van der Waals surface area contributed by atoms with Crippen LogP contribution in [0.25, 0.3) is 22.4 Å². The second-order valence-electron chi connectivity index (χ2n) is 15.1. The second-order valence-corrected chi connectivity index (χ2v) is 26.8. The number of fused-ring (bicyclic) bond motifs is 2. The van der Waals surface area contributed by atoms with Crippen LogP contribution in [0, 0.1) is 0 Å². The van der Waals surface area contributed by atoms with E-state index in [1.165, 1.54) is 5.56 Å². The SMILES string of the molecule is CC(c1ccc(-c2nc3nc(O[C@H]4CO[C@@H]5COC(c6ccccc6)O[C@H]5C4)n(COCC[Si](C)(C)C)c3cc2Cl)cc1)[Si](C)(C)C. The Kier molecular flexibility index (Phi) is 10.3. The Morgan fingerprint density at radius 2 is 1.68 bits per heavy atom. The molecule has 0 N–H and O–H groups in total. The largest absolute Gasteiger partial charge is 0.459 e. The average molecular weight is 694 g/mol. The van der Waals surface area contributed by atoms with Crippen molar-refractivity contribution in [3.63, 3.8) is 0 Å². The maximum Gasteiger partial charge on any atom is 0.301 e. The summed E-state index contributed by atoms with van der Waals surface area (Å²) in [5, 5.41) is 0.560. The van der Waals surface area contributed by atoms with Gasteiger partial charge in [0.1, 0.15) is 18.9 Å². The van der Waals surface area contributed by atoms with Crippen LogP contribution in [0.5, 0.6) is 6.01 Å². The van der Waals surface area contributed by atoms with Crippen LogP contribution >= 0.6 is 11.6 Å². The number of rotatable bonds is 11. The first-order chi connectivity index (χ1) is 22.4. The van der Waals surface area contributed by atoms with Crippen molar-refractivity contribution in [2.75, 3.05) is 19.8 Å². The van der Waals surface area contributed by atoms with Gasteiger partial charge in [-0.2, -0.15) is 4.98 Å². The maximum atomic E-state index is 6.93. The summed E-state index contributed by atoms with van der Waals surface area (Å²) in [6.45, 7) is 18.4. The van der Waals surface area contributed by atoms with Gasteiger partial charge >= 0.3 is 6.01 Å². The molecule has 0 radical (unpaired) electrons. The van der Waals surface area contributed by atoms with Crippen molar-refractivity contribution in [2.24, 2.45) is 0 Å². The number of imidazole rings is 1. The Bertz CT molecular complexity index is 1660. The highest BCUT2D eigenvalue weighted by atomic mass is 35.5. The third kappa shape index (κ3) is 8.18. The molecule has 252 valence electrons. The Hall–Kier alpha value is -2.58. The van der Waals surface area contributed by atoms with Gasteiger partial charge in [0.2, 0.25) is 0 Å². The third-order valence-electron chi connectivity index (χ3n) is 9.32. The van der Waals surface area contributed by atoms with E-state index in [0.717, 1.165) is 22.7 Å². The van der Waals surface area contributed by atoms with Crippen LogP contribution in [0.15, 0.2) is 60.7 Å². The summed E-state index contributed by atoms with van der Waals surface area (Å²) in [4.78, 5) is 9.85. The van der Waals surface area contributed by atoms with Crippen molar-refractivity contribution < 1.29 is 23.7 Å². The summed E-state index contributed by atoms with van der Waals surface area (Å²) in [5.74, 6) is 0. The molecular weight excluding hydrogens is 646 g/mol. The highest BCUT2D eigenvalue weighted by Gasteiger charge is 2.40. The summed E-state index contributed by atoms with van der Waals surface area (Å²) in [6, 6.07) is 22.1. The molecule has 0 aliphatic carbocycles. The fourth-order valence-corrected chi connectivity index (χ4v) is 8.10. The smallest absolute Gasteiger partial charge is 0.301 e. The standard InChI is InChI=1S/C36H48ClN3O5Si2/c1-24(47(5,6)7)25-13-15-26(16-14-25)33-29(37)20-30-34(38-33)39-36(40(30)23-41-17-18-46(2,3)4)44-28-19-31-32(42-21-28)22-43-35(45-31)27-11-9-8-10-12-27/h8-16,20,24,28,31-32,35H,17-19,21-23H2,1-7H3/t24?,28-,31+,32-,35?/m1/s1. The zero-order valence-corrected chi connectivity index (χ0v) is 31.4. The number of ether oxygens (including phenoxy) is 5. The molecule has 2 fully saturated rings. The minimum absolute atomic E-state index is 0.137. The van der Waals surface area contributed by atoms with E-state index >= 15 is 0 Å². The van der Waals surface area contributed by atoms with Gasteiger partial charge in [-0.15, -0.1) is 0 Å². The maximum absolute atomic E-state index is 6.93. The Labute approximate surface area is 285 Å². The lowest BCUT2D eigenvalue weighted by molar-refractivity contribution is -0.286. The van der Waals surface area contributed by atoms with Gasteiger partial charge in [0, 0.05) is 32.2 Å². The van der Waals surface area contributed by atoms with E-state index in [-0.39, 0.29) is 25.0 Å². The molecule has 2 unspecified atom stereocenters. The minimum atomic E-state index is -1.32. The third-order valence-corrected chi connectivity index (χ3v) is 14.2. The van der Waals surface area contributed by atoms with Crippen molar-refractivity contribution in [1.82, 2.24) is 14.5 Å². The van der Waals surface area contributed by atoms with Gasteiger partial charge in [-0.1, -0.05) is 112 Å². The predicted octanol–water partition coefficient (Wildman–Crippen LogP) is 8.70. The van der Waals surface area contributed by atoms with E-state index in [9.17, 15) is 0 Å². The molecule has 5 atom stereocenters. The Balaban J connectivity index is 1.25. The molecule has 2 saturated heterocycles. The summed E-state index contributed by atoms with van der Waals surface area (Å²) < 4.78 is 33.2. The van der Waals surface area contributed by atoms with Crippen molar-refractivity contribution in [2.45, 2.75) is 95.5 Å². The van der Waals surface area contributed by atoms with E-state index < -0.39 is 22.4 Å². The number of nitrogens with zero attached hydrogens (tertiary/aromatic N) is 3. The first-order valence-electron chi connectivity index (χ1n) is 16.7. The molecule has 8 nitrogen and oxygen atoms in total. The summed E-state index contributed by atoms with van der Waals surface area (Å²) >= 11 is 6.93. The zero-order chi connectivity index (χ0) is 33.3. The van der Waals surface area contributed by atoms with E-state index in [0.29, 0.717) is 54.2 Å². The van der Waals surface area contributed by atoms with Crippen LogP contribution in [-0.2, 0) is 25.7 Å². The highest BCUT2D eigenvalue weighted by Crippen LogP contribution is 2.36. The Morgan fingerprint density at radius 3 is 2.38 bits per heavy atom. The van der Waals surface area contributed by atoms with Gasteiger partial charge in [0.25, 0.3) is 0 Å². The molecule has 2 aromatic heterocycles. The lowest BCUT2D eigenvalue weighted by Crippen LogP contribution is -2.50.